The Morgan fingerprint density at radius 1 is 0.938 bits per heavy atom. The standard InChI is InChI=1S/C24H22N2O5S/c1-16-4-3-5-17(2)24(16)26-32(28,29)20-10-8-19(9-11-20)25-23(27)13-7-18-6-12-21-22(14-18)31-15-30-21/h3-14,26H,15H2,1-2H3,(H,25,27)/b13-7+. The van der Waals surface area contributed by atoms with Gasteiger partial charge in [-0.05, 0) is 73.0 Å². The minimum absolute atomic E-state index is 0.106. The molecule has 0 aromatic heterocycles. The van der Waals surface area contributed by atoms with Crippen molar-refractivity contribution in [1.82, 2.24) is 0 Å². The summed E-state index contributed by atoms with van der Waals surface area (Å²) >= 11 is 0. The Morgan fingerprint density at radius 2 is 1.62 bits per heavy atom. The van der Waals surface area contributed by atoms with Crippen molar-refractivity contribution in [3.05, 3.63) is 83.4 Å². The van der Waals surface area contributed by atoms with E-state index in [0.29, 0.717) is 22.9 Å². The maximum atomic E-state index is 12.8. The predicted octanol–water partition coefficient (Wildman–Crippen LogP) is 4.48. The molecule has 1 aliphatic rings. The lowest BCUT2D eigenvalue weighted by atomic mass is 10.1. The van der Waals surface area contributed by atoms with E-state index in [0.717, 1.165) is 16.7 Å². The number of nitrogens with one attached hydrogen (secondary N) is 2. The summed E-state index contributed by atoms with van der Waals surface area (Å²) in [6, 6.07) is 17.0. The smallest absolute Gasteiger partial charge is 0.261 e. The monoisotopic (exact) mass is 450 g/mol. The van der Waals surface area contributed by atoms with Gasteiger partial charge in [-0.2, -0.15) is 0 Å². The Labute approximate surface area is 186 Å². The van der Waals surface area contributed by atoms with E-state index < -0.39 is 10.0 Å². The molecule has 3 aromatic rings. The maximum absolute atomic E-state index is 12.8. The minimum atomic E-state index is -3.75. The topological polar surface area (TPSA) is 93.7 Å². The zero-order chi connectivity index (χ0) is 22.7. The van der Waals surface area contributed by atoms with Crippen LogP contribution in [0.1, 0.15) is 16.7 Å². The summed E-state index contributed by atoms with van der Waals surface area (Å²) in [6.45, 7) is 3.88. The molecule has 0 fully saturated rings. The van der Waals surface area contributed by atoms with Crippen molar-refractivity contribution < 1.29 is 22.7 Å². The first-order valence-electron chi connectivity index (χ1n) is 9.90. The zero-order valence-corrected chi connectivity index (χ0v) is 18.4. The molecule has 0 atom stereocenters. The average Bonchev–Trinajstić information content (AvgIpc) is 3.23. The molecule has 0 radical (unpaired) electrons. The molecule has 0 unspecified atom stereocenters. The van der Waals surface area contributed by atoms with Crippen molar-refractivity contribution in [2.75, 3.05) is 16.8 Å². The van der Waals surface area contributed by atoms with Crippen molar-refractivity contribution >= 4 is 33.4 Å². The third kappa shape index (κ3) is 4.76. The van der Waals surface area contributed by atoms with E-state index in [1.165, 1.54) is 18.2 Å². The third-order valence-electron chi connectivity index (χ3n) is 4.97. The largest absolute Gasteiger partial charge is 0.454 e. The van der Waals surface area contributed by atoms with E-state index in [-0.39, 0.29) is 17.6 Å². The lowest BCUT2D eigenvalue weighted by Gasteiger charge is -2.13. The number of rotatable bonds is 6. The van der Waals surface area contributed by atoms with Gasteiger partial charge in [-0.15, -0.1) is 0 Å². The Kier molecular flexibility index (Phi) is 5.87. The summed E-state index contributed by atoms with van der Waals surface area (Å²) in [5.74, 6) is 0.972. The lowest BCUT2D eigenvalue weighted by Crippen LogP contribution is -2.15. The van der Waals surface area contributed by atoms with Crippen LogP contribution in [-0.2, 0) is 14.8 Å². The Hall–Kier alpha value is -3.78. The number of aryl methyl sites for hydroxylation is 2. The second kappa shape index (κ2) is 8.76. The summed E-state index contributed by atoms with van der Waals surface area (Å²) in [6.07, 6.45) is 3.05. The Morgan fingerprint density at radius 3 is 2.34 bits per heavy atom. The van der Waals surface area contributed by atoms with E-state index in [2.05, 4.69) is 10.0 Å². The number of ether oxygens (including phenoxy) is 2. The zero-order valence-electron chi connectivity index (χ0n) is 17.6. The molecule has 7 nitrogen and oxygen atoms in total. The third-order valence-corrected chi connectivity index (χ3v) is 6.34. The highest BCUT2D eigenvalue weighted by Crippen LogP contribution is 2.32. The van der Waals surface area contributed by atoms with Crippen LogP contribution in [0.2, 0.25) is 0 Å². The Balaban J connectivity index is 1.41. The fraction of sp³-hybridized carbons (Fsp3) is 0.125. The van der Waals surface area contributed by atoms with Crippen molar-refractivity contribution in [3.8, 4) is 11.5 Å². The van der Waals surface area contributed by atoms with Crippen LogP contribution in [0.3, 0.4) is 0 Å². The number of fused-ring (bicyclic) bond motifs is 1. The summed E-state index contributed by atoms with van der Waals surface area (Å²) in [5.41, 5.74) is 3.52. The molecular weight excluding hydrogens is 428 g/mol. The van der Waals surface area contributed by atoms with Gasteiger partial charge in [-0.25, -0.2) is 8.42 Å². The first-order valence-corrected chi connectivity index (χ1v) is 11.4. The van der Waals surface area contributed by atoms with Gasteiger partial charge in [0.25, 0.3) is 10.0 Å². The molecule has 1 heterocycles. The summed E-state index contributed by atoms with van der Waals surface area (Å²) in [4.78, 5) is 12.3. The van der Waals surface area contributed by atoms with Gasteiger partial charge in [0.15, 0.2) is 11.5 Å². The first-order chi connectivity index (χ1) is 15.3. The number of benzene rings is 3. The molecule has 0 aliphatic carbocycles. The van der Waals surface area contributed by atoms with E-state index in [9.17, 15) is 13.2 Å². The number of hydrogen-bond donors (Lipinski definition) is 2. The van der Waals surface area contributed by atoms with Gasteiger partial charge in [0.05, 0.1) is 10.6 Å². The molecule has 0 spiro atoms. The minimum Gasteiger partial charge on any atom is -0.454 e. The van der Waals surface area contributed by atoms with Crippen LogP contribution < -0.4 is 19.5 Å². The molecule has 2 N–H and O–H groups in total. The molecule has 164 valence electrons. The average molecular weight is 451 g/mol. The van der Waals surface area contributed by atoms with Crippen LogP contribution >= 0.6 is 0 Å². The van der Waals surface area contributed by atoms with Gasteiger partial charge in [0.2, 0.25) is 12.7 Å². The molecule has 3 aromatic carbocycles. The highest BCUT2D eigenvalue weighted by Gasteiger charge is 2.17. The predicted molar refractivity (Wildman–Crippen MR) is 123 cm³/mol. The van der Waals surface area contributed by atoms with Gasteiger partial charge >= 0.3 is 0 Å². The summed E-state index contributed by atoms with van der Waals surface area (Å²) in [5, 5.41) is 2.71. The second-order valence-corrected chi connectivity index (χ2v) is 9.01. The van der Waals surface area contributed by atoms with Crippen LogP contribution in [0.25, 0.3) is 6.08 Å². The summed E-state index contributed by atoms with van der Waals surface area (Å²) in [7, 11) is -3.75. The lowest BCUT2D eigenvalue weighted by molar-refractivity contribution is -0.111. The van der Waals surface area contributed by atoms with Crippen molar-refractivity contribution in [2.24, 2.45) is 0 Å². The second-order valence-electron chi connectivity index (χ2n) is 7.33. The van der Waals surface area contributed by atoms with Crippen LogP contribution in [0.4, 0.5) is 11.4 Å². The highest BCUT2D eigenvalue weighted by molar-refractivity contribution is 7.92. The Bertz CT molecular complexity index is 1280. The molecule has 1 amide bonds. The van der Waals surface area contributed by atoms with E-state index in [1.54, 1.807) is 30.3 Å². The first kappa shape index (κ1) is 21.5. The fourth-order valence-electron chi connectivity index (χ4n) is 3.26. The quantitative estimate of drug-likeness (QED) is 0.540. The van der Waals surface area contributed by atoms with E-state index >= 15 is 0 Å². The molecule has 32 heavy (non-hydrogen) atoms. The molecule has 1 aliphatic heterocycles. The van der Waals surface area contributed by atoms with Crippen LogP contribution in [0.5, 0.6) is 11.5 Å². The molecule has 8 heteroatoms. The SMILES string of the molecule is Cc1cccc(C)c1NS(=O)(=O)c1ccc(NC(=O)/C=C/c2ccc3c(c2)OCO3)cc1. The van der Waals surface area contributed by atoms with Gasteiger partial charge in [-0.1, -0.05) is 24.3 Å². The van der Waals surface area contributed by atoms with Crippen LogP contribution in [0.15, 0.2) is 71.6 Å². The molecule has 0 saturated carbocycles. The molecule has 0 saturated heterocycles. The highest BCUT2D eigenvalue weighted by atomic mass is 32.2. The normalized spacial score (nSPS) is 12.7. The number of sulfonamides is 1. The number of carbonyl (C=O) groups is 1. The van der Waals surface area contributed by atoms with E-state index in [1.807, 2.05) is 38.1 Å². The number of carbonyl (C=O) groups excluding carboxylic acids is 1. The van der Waals surface area contributed by atoms with Crippen molar-refractivity contribution in [1.29, 1.82) is 0 Å². The number of para-hydroxylation sites is 1. The number of amides is 1. The fourth-order valence-corrected chi connectivity index (χ4v) is 4.46. The van der Waals surface area contributed by atoms with Gasteiger partial charge in [0, 0.05) is 11.8 Å². The number of hydrogen-bond acceptors (Lipinski definition) is 5. The maximum Gasteiger partial charge on any atom is 0.261 e. The van der Waals surface area contributed by atoms with Crippen LogP contribution in [-0.4, -0.2) is 21.1 Å². The summed E-state index contributed by atoms with van der Waals surface area (Å²) < 4.78 is 38.7. The van der Waals surface area contributed by atoms with E-state index in [4.69, 9.17) is 9.47 Å². The van der Waals surface area contributed by atoms with Gasteiger partial charge in [-0.3, -0.25) is 9.52 Å². The van der Waals surface area contributed by atoms with Gasteiger partial charge < -0.3 is 14.8 Å². The van der Waals surface area contributed by atoms with Crippen LogP contribution in [0, 0.1) is 13.8 Å². The molecule has 0 bridgehead atoms. The van der Waals surface area contributed by atoms with Crippen molar-refractivity contribution in [2.45, 2.75) is 18.7 Å². The molecular formula is C24H22N2O5S. The van der Waals surface area contributed by atoms with Crippen molar-refractivity contribution in [3.63, 3.8) is 0 Å². The number of anilines is 2. The van der Waals surface area contributed by atoms with Gasteiger partial charge in [0.1, 0.15) is 0 Å². The molecule has 4 rings (SSSR count).